The quantitative estimate of drug-likeness (QED) is 0.729. The fourth-order valence-electron chi connectivity index (χ4n) is 2.98. The average Bonchev–Trinajstić information content (AvgIpc) is 3.19. The number of nitrogens with zero attached hydrogens (tertiary/aromatic N) is 4. The Labute approximate surface area is 150 Å². The van der Waals surface area contributed by atoms with Gasteiger partial charge in [-0.2, -0.15) is 10.2 Å². The first-order chi connectivity index (χ1) is 12.8. The molecule has 1 aliphatic carbocycles. The minimum atomic E-state index is -0.264. The van der Waals surface area contributed by atoms with Crippen LogP contribution in [0.1, 0.15) is 18.4 Å². The summed E-state index contributed by atoms with van der Waals surface area (Å²) < 4.78 is 5.49. The van der Waals surface area contributed by atoms with Crippen molar-refractivity contribution in [3.63, 3.8) is 0 Å². The Balaban J connectivity index is 1.75. The van der Waals surface area contributed by atoms with Gasteiger partial charge in [0, 0.05) is 29.8 Å². The highest BCUT2D eigenvalue weighted by Crippen LogP contribution is 2.37. The second kappa shape index (κ2) is 6.73. The largest absolute Gasteiger partial charge is 0.334 e. The summed E-state index contributed by atoms with van der Waals surface area (Å²) in [6.07, 6.45) is 9.40. The van der Waals surface area contributed by atoms with Gasteiger partial charge < -0.3 is 4.52 Å². The number of allylic oxidation sites excluding steroid dienone is 4. The molecule has 0 aromatic carbocycles. The monoisotopic (exact) mass is 342 g/mol. The van der Waals surface area contributed by atoms with Crippen LogP contribution in [0.3, 0.4) is 0 Å². The molecule has 6 heteroatoms. The van der Waals surface area contributed by atoms with Crippen molar-refractivity contribution in [3.05, 3.63) is 72.5 Å². The first kappa shape index (κ1) is 15.9. The topological polar surface area (TPSA) is 89.7 Å². The lowest BCUT2D eigenvalue weighted by molar-refractivity contribution is -0.378. The van der Waals surface area contributed by atoms with Gasteiger partial charge in [0.05, 0.1) is 12.0 Å². The average molecular weight is 342 g/mol. The van der Waals surface area contributed by atoms with E-state index in [1.165, 1.54) is 0 Å². The van der Waals surface area contributed by atoms with Gasteiger partial charge in [-0.05, 0) is 29.3 Å². The molecule has 0 spiro atoms. The van der Waals surface area contributed by atoms with E-state index in [1.54, 1.807) is 6.20 Å². The normalized spacial score (nSPS) is 19.4. The van der Waals surface area contributed by atoms with Gasteiger partial charge in [0.15, 0.2) is 12.4 Å². The number of nitriles is 1. The summed E-state index contributed by atoms with van der Waals surface area (Å²) in [6.45, 7) is 2.00. The van der Waals surface area contributed by atoms with Gasteiger partial charge in [0.1, 0.15) is 5.69 Å². The van der Waals surface area contributed by atoms with Crippen LogP contribution in [0.25, 0.3) is 22.7 Å². The fraction of sp³-hybridized carbons (Fsp3) is 0.150. The molecule has 1 aliphatic rings. The van der Waals surface area contributed by atoms with Gasteiger partial charge in [-0.3, -0.25) is 4.98 Å². The minimum absolute atomic E-state index is 0.0453. The number of aromatic nitrogens is 4. The van der Waals surface area contributed by atoms with Gasteiger partial charge in [-0.1, -0.05) is 24.2 Å². The molecule has 4 rings (SSSR count). The third-order valence-electron chi connectivity index (χ3n) is 4.47. The zero-order valence-corrected chi connectivity index (χ0v) is 14.1. The van der Waals surface area contributed by atoms with Crippen LogP contribution < -0.4 is 4.98 Å². The maximum absolute atomic E-state index is 9.57. The molecule has 0 radical (unpaired) electrons. The SMILES string of the molecule is CC1C(c2nc(-c3ccccn3)no2)=CC(c2cc[nH+]cc2)=CC1C#N. The molecule has 3 aromatic rings. The highest BCUT2D eigenvalue weighted by molar-refractivity contribution is 5.85. The van der Waals surface area contributed by atoms with Crippen molar-refractivity contribution in [1.29, 1.82) is 5.26 Å². The lowest BCUT2D eigenvalue weighted by atomic mass is 9.80. The maximum Gasteiger partial charge on any atom is 0.254 e. The highest BCUT2D eigenvalue weighted by Gasteiger charge is 2.28. The molecule has 2 unspecified atom stereocenters. The summed E-state index contributed by atoms with van der Waals surface area (Å²) >= 11 is 0. The Morgan fingerprint density at radius 3 is 2.77 bits per heavy atom. The van der Waals surface area contributed by atoms with Gasteiger partial charge in [-0.15, -0.1) is 0 Å². The molecule has 1 N–H and O–H groups in total. The molecule has 0 aliphatic heterocycles. The second-order valence-electron chi connectivity index (χ2n) is 6.09. The van der Waals surface area contributed by atoms with E-state index in [0.717, 1.165) is 16.7 Å². The van der Waals surface area contributed by atoms with Crippen LogP contribution in [0.5, 0.6) is 0 Å². The number of H-pyrrole nitrogens is 1. The number of hydrogen-bond donors (Lipinski definition) is 0. The molecule has 26 heavy (non-hydrogen) atoms. The number of pyridine rings is 2. The minimum Gasteiger partial charge on any atom is -0.334 e. The molecule has 0 amide bonds. The van der Waals surface area contributed by atoms with E-state index in [4.69, 9.17) is 4.52 Å². The summed E-state index contributed by atoms with van der Waals surface area (Å²) in [5.41, 5.74) is 3.50. The Morgan fingerprint density at radius 1 is 1.19 bits per heavy atom. The van der Waals surface area contributed by atoms with Gasteiger partial charge in [0.25, 0.3) is 5.89 Å². The maximum atomic E-state index is 9.57. The van der Waals surface area contributed by atoms with Crippen LogP contribution in [-0.4, -0.2) is 15.1 Å². The zero-order valence-electron chi connectivity index (χ0n) is 14.1. The molecule has 0 saturated carbocycles. The Bertz CT molecular complexity index is 1020. The van der Waals surface area contributed by atoms with Crippen LogP contribution in [0.4, 0.5) is 0 Å². The van der Waals surface area contributed by atoms with Crippen LogP contribution >= 0.6 is 0 Å². The predicted octanol–water partition coefficient (Wildman–Crippen LogP) is 3.20. The van der Waals surface area contributed by atoms with E-state index in [0.29, 0.717) is 17.4 Å². The van der Waals surface area contributed by atoms with E-state index in [2.05, 4.69) is 26.2 Å². The molecule has 3 heterocycles. The Hall–Kier alpha value is -3.59. The summed E-state index contributed by atoms with van der Waals surface area (Å²) in [5.74, 6) is 0.551. The van der Waals surface area contributed by atoms with Gasteiger partial charge >= 0.3 is 0 Å². The predicted molar refractivity (Wildman–Crippen MR) is 94.7 cm³/mol. The van der Waals surface area contributed by atoms with Crippen molar-refractivity contribution in [2.24, 2.45) is 11.8 Å². The third kappa shape index (κ3) is 2.91. The molecular weight excluding hydrogens is 326 g/mol. The van der Waals surface area contributed by atoms with Crippen molar-refractivity contribution in [3.8, 4) is 17.6 Å². The second-order valence-corrected chi connectivity index (χ2v) is 6.09. The standard InChI is InChI=1S/C20H15N5O/c1-13-16(12-21)10-15(14-5-8-22-9-6-14)11-17(13)20-24-19(25-26-20)18-4-2-3-7-23-18/h2-11,13,16H,1H3/p+1. The van der Waals surface area contributed by atoms with Crippen LogP contribution in [0.15, 0.2) is 65.6 Å². The van der Waals surface area contributed by atoms with E-state index in [1.807, 2.05) is 61.8 Å². The summed E-state index contributed by atoms with van der Waals surface area (Å²) in [7, 11) is 0. The van der Waals surface area contributed by atoms with Crippen molar-refractivity contribution < 1.29 is 9.51 Å². The molecule has 2 atom stereocenters. The molecular formula is C20H16N5O+. The molecule has 126 valence electrons. The van der Waals surface area contributed by atoms with E-state index >= 15 is 0 Å². The summed E-state index contributed by atoms with van der Waals surface area (Å²) in [6, 6.07) is 11.8. The fourth-order valence-corrected chi connectivity index (χ4v) is 2.98. The number of nitrogens with one attached hydrogen (secondary N) is 1. The van der Waals surface area contributed by atoms with Crippen LogP contribution in [-0.2, 0) is 0 Å². The zero-order chi connectivity index (χ0) is 17.9. The van der Waals surface area contributed by atoms with Crippen molar-refractivity contribution in [1.82, 2.24) is 15.1 Å². The van der Waals surface area contributed by atoms with Gasteiger partial charge in [-0.25, -0.2) is 4.98 Å². The molecule has 0 fully saturated rings. The Morgan fingerprint density at radius 2 is 2.04 bits per heavy atom. The Kier molecular flexibility index (Phi) is 4.12. The molecule has 0 bridgehead atoms. The van der Waals surface area contributed by atoms with Crippen molar-refractivity contribution in [2.75, 3.05) is 0 Å². The van der Waals surface area contributed by atoms with Gasteiger partial charge in [0.2, 0.25) is 5.82 Å². The molecule has 3 aromatic heterocycles. The number of hydrogen-bond acceptors (Lipinski definition) is 5. The smallest absolute Gasteiger partial charge is 0.254 e. The third-order valence-corrected chi connectivity index (χ3v) is 4.47. The van der Waals surface area contributed by atoms with E-state index in [9.17, 15) is 5.26 Å². The van der Waals surface area contributed by atoms with Crippen LogP contribution in [0, 0.1) is 23.2 Å². The summed E-state index contributed by atoms with van der Waals surface area (Å²) in [5, 5.41) is 13.6. The highest BCUT2D eigenvalue weighted by atomic mass is 16.5. The number of aromatic amines is 1. The summed E-state index contributed by atoms with van der Waals surface area (Å²) in [4.78, 5) is 11.8. The number of rotatable bonds is 3. The first-order valence-electron chi connectivity index (χ1n) is 8.31. The van der Waals surface area contributed by atoms with Crippen molar-refractivity contribution in [2.45, 2.75) is 6.92 Å². The van der Waals surface area contributed by atoms with E-state index in [-0.39, 0.29) is 11.8 Å². The van der Waals surface area contributed by atoms with E-state index < -0.39 is 0 Å². The molecule has 6 nitrogen and oxygen atoms in total. The van der Waals surface area contributed by atoms with Crippen LogP contribution in [0.2, 0.25) is 0 Å². The lowest BCUT2D eigenvalue weighted by Gasteiger charge is -2.22. The first-order valence-corrected chi connectivity index (χ1v) is 8.31. The lowest BCUT2D eigenvalue weighted by Crippen LogP contribution is -2.14. The molecule has 0 saturated heterocycles. The van der Waals surface area contributed by atoms with Crippen molar-refractivity contribution >= 4 is 11.1 Å².